The molecule has 5 N–H and O–H groups in total. The molecule has 216 valence electrons. The molecule has 0 radical (unpaired) electrons. The average molecular weight is 578 g/mol. The van der Waals surface area contributed by atoms with Gasteiger partial charge in [-0.3, -0.25) is 9.59 Å². The van der Waals surface area contributed by atoms with Crippen molar-refractivity contribution >= 4 is 35.3 Å². The maximum atomic E-state index is 14.1. The topological polar surface area (TPSA) is 117 Å². The highest BCUT2D eigenvalue weighted by atomic mass is 32.2. The number of thioether (sulfide) groups is 1. The Morgan fingerprint density at radius 3 is 2.51 bits per heavy atom. The first-order chi connectivity index (χ1) is 19.5. The van der Waals surface area contributed by atoms with E-state index in [4.69, 9.17) is 5.73 Å². The molecule has 0 saturated heterocycles. The van der Waals surface area contributed by atoms with E-state index in [0.29, 0.717) is 23.7 Å². The average Bonchev–Trinajstić information content (AvgIpc) is 3.04. The minimum atomic E-state index is -0.783. The molecule has 0 unspecified atom stereocenters. The Labute approximate surface area is 244 Å². The summed E-state index contributed by atoms with van der Waals surface area (Å²) in [5, 5.41) is 8.44. The Hall–Kier alpha value is -3.89. The number of rotatable bonds is 9. The Bertz CT molecular complexity index is 1410. The van der Waals surface area contributed by atoms with Crippen LogP contribution in [0.15, 0.2) is 71.6 Å². The molecular weight excluding hydrogens is 541 g/mol. The van der Waals surface area contributed by atoms with Gasteiger partial charge in [0, 0.05) is 35.7 Å². The van der Waals surface area contributed by atoms with Gasteiger partial charge in [-0.2, -0.15) is 0 Å². The minimum Gasteiger partial charge on any atom is -0.343 e. The number of nitrogens with two attached hydrogens (primary N) is 1. The zero-order valence-electron chi connectivity index (χ0n) is 23.5. The fourth-order valence-electron chi connectivity index (χ4n) is 4.63. The first kappa shape index (κ1) is 30.1. The number of amides is 4. The van der Waals surface area contributed by atoms with Crippen molar-refractivity contribution in [1.29, 1.82) is 0 Å². The summed E-state index contributed by atoms with van der Waals surface area (Å²) >= 11 is 1.34. The van der Waals surface area contributed by atoms with Crippen LogP contribution in [0.2, 0.25) is 0 Å². The quantitative estimate of drug-likeness (QED) is 0.298. The van der Waals surface area contributed by atoms with E-state index < -0.39 is 11.6 Å². The molecule has 1 heterocycles. The summed E-state index contributed by atoms with van der Waals surface area (Å²) in [4.78, 5) is 40.5. The maximum absolute atomic E-state index is 14.1. The first-order valence-corrected chi connectivity index (χ1v) is 14.5. The molecule has 0 bridgehead atoms. The largest absolute Gasteiger partial charge is 0.343 e. The number of carbonyl (C=O) groups excluding carboxylic acids is 3. The summed E-state index contributed by atoms with van der Waals surface area (Å²) < 4.78 is 14.1. The second-order valence-corrected chi connectivity index (χ2v) is 11.8. The van der Waals surface area contributed by atoms with Crippen LogP contribution in [-0.2, 0) is 22.7 Å². The van der Waals surface area contributed by atoms with Gasteiger partial charge in [0.2, 0.25) is 5.91 Å². The van der Waals surface area contributed by atoms with Gasteiger partial charge in [-0.1, -0.05) is 48.5 Å². The molecule has 4 rings (SSSR count). The standard InChI is InChI=1S/C31H36FN5O3S/c1-4-34-30(40)35-17-22-7-5-6-8-24(22)21-11-9-20(10-12-21)18-37-26-14-13-23(32)15-27(26)41-19-25(29(37)39)36-28(38)16-31(2,3)33/h5-15,25H,4,16-19,33H2,1-3H3,(H,36,38)(H2,34,35,40)/t25-/m1/s1. The number of urea groups is 1. The molecule has 0 aromatic heterocycles. The van der Waals surface area contributed by atoms with Crippen molar-refractivity contribution in [3.63, 3.8) is 0 Å². The SMILES string of the molecule is CCNC(=O)NCc1ccccc1-c1ccc(CN2C(=O)[C@H](NC(=O)CC(C)(C)N)CSc3cc(F)ccc32)cc1. The highest BCUT2D eigenvalue weighted by Crippen LogP contribution is 2.36. The molecule has 1 aliphatic heterocycles. The van der Waals surface area contributed by atoms with Crippen molar-refractivity contribution in [2.45, 2.75) is 56.8 Å². The Morgan fingerprint density at radius 2 is 1.80 bits per heavy atom. The summed E-state index contributed by atoms with van der Waals surface area (Å²) in [6, 6.07) is 19.1. The van der Waals surface area contributed by atoms with Crippen molar-refractivity contribution in [3.8, 4) is 11.1 Å². The molecule has 0 spiro atoms. The zero-order chi connectivity index (χ0) is 29.6. The second-order valence-electron chi connectivity index (χ2n) is 10.7. The lowest BCUT2D eigenvalue weighted by molar-refractivity contribution is -0.127. The summed E-state index contributed by atoms with van der Waals surface area (Å²) in [7, 11) is 0. The van der Waals surface area contributed by atoms with Gasteiger partial charge >= 0.3 is 6.03 Å². The van der Waals surface area contributed by atoms with Crippen molar-refractivity contribution in [2.24, 2.45) is 5.73 Å². The number of nitrogens with one attached hydrogen (secondary N) is 3. The molecule has 0 aliphatic carbocycles. The zero-order valence-corrected chi connectivity index (χ0v) is 24.3. The fourth-order valence-corrected chi connectivity index (χ4v) is 5.72. The van der Waals surface area contributed by atoms with Gasteiger partial charge in [-0.05, 0) is 61.2 Å². The molecule has 3 aromatic carbocycles. The van der Waals surface area contributed by atoms with Gasteiger partial charge in [-0.25, -0.2) is 9.18 Å². The number of halogens is 1. The minimum absolute atomic E-state index is 0.0742. The van der Waals surface area contributed by atoms with E-state index in [1.807, 2.05) is 55.5 Å². The van der Waals surface area contributed by atoms with Gasteiger partial charge < -0.3 is 26.6 Å². The normalized spacial score (nSPS) is 15.1. The summed E-state index contributed by atoms with van der Waals surface area (Å²) in [6.45, 7) is 6.54. The monoisotopic (exact) mass is 577 g/mol. The van der Waals surface area contributed by atoms with Crippen molar-refractivity contribution < 1.29 is 18.8 Å². The Morgan fingerprint density at radius 1 is 1.07 bits per heavy atom. The van der Waals surface area contributed by atoms with Gasteiger partial charge in [0.25, 0.3) is 5.91 Å². The van der Waals surface area contributed by atoms with Crippen LogP contribution in [-0.4, -0.2) is 41.7 Å². The van der Waals surface area contributed by atoms with E-state index >= 15 is 0 Å². The smallest absolute Gasteiger partial charge is 0.315 e. The molecular formula is C31H36FN5O3S. The number of carbonyl (C=O) groups is 3. The van der Waals surface area contributed by atoms with Crippen LogP contribution < -0.4 is 26.6 Å². The van der Waals surface area contributed by atoms with Gasteiger partial charge in [0.1, 0.15) is 11.9 Å². The molecule has 41 heavy (non-hydrogen) atoms. The number of anilines is 1. The molecule has 0 saturated carbocycles. The van der Waals surface area contributed by atoms with Crippen LogP contribution in [0.3, 0.4) is 0 Å². The van der Waals surface area contributed by atoms with Crippen LogP contribution >= 0.6 is 11.8 Å². The number of fused-ring (bicyclic) bond motifs is 1. The van der Waals surface area contributed by atoms with E-state index in [9.17, 15) is 18.8 Å². The number of hydrogen-bond acceptors (Lipinski definition) is 5. The molecule has 0 fully saturated rings. The highest BCUT2D eigenvalue weighted by Gasteiger charge is 2.33. The van der Waals surface area contributed by atoms with Crippen LogP contribution in [0.4, 0.5) is 14.9 Å². The predicted octanol–water partition coefficient (Wildman–Crippen LogP) is 4.56. The predicted molar refractivity (Wildman–Crippen MR) is 161 cm³/mol. The molecule has 3 aromatic rings. The third kappa shape index (κ3) is 8.08. The van der Waals surface area contributed by atoms with Gasteiger partial charge in [0.05, 0.1) is 12.2 Å². The fraction of sp³-hybridized carbons (Fsp3) is 0.323. The van der Waals surface area contributed by atoms with E-state index in [-0.39, 0.29) is 42.4 Å². The van der Waals surface area contributed by atoms with Crippen LogP contribution in [0, 0.1) is 5.82 Å². The van der Waals surface area contributed by atoms with Crippen molar-refractivity contribution in [2.75, 3.05) is 17.2 Å². The second kappa shape index (κ2) is 13.2. The Kier molecular flexibility index (Phi) is 9.67. The lowest BCUT2D eigenvalue weighted by atomic mass is 9.98. The van der Waals surface area contributed by atoms with E-state index in [0.717, 1.165) is 22.3 Å². The molecule has 8 nitrogen and oxygen atoms in total. The number of nitrogens with zero attached hydrogens (tertiary/aromatic N) is 1. The van der Waals surface area contributed by atoms with Crippen LogP contribution in [0.1, 0.15) is 38.3 Å². The van der Waals surface area contributed by atoms with Crippen molar-refractivity contribution in [3.05, 3.63) is 83.7 Å². The Balaban J connectivity index is 1.56. The van der Waals surface area contributed by atoms with Gasteiger partial charge in [0.15, 0.2) is 0 Å². The third-order valence-corrected chi connectivity index (χ3v) is 7.67. The maximum Gasteiger partial charge on any atom is 0.315 e. The van der Waals surface area contributed by atoms with Crippen molar-refractivity contribution in [1.82, 2.24) is 16.0 Å². The highest BCUT2D eigenvalue weighted by molar-refractivity contribution is 7.99. The molecule has 4 amide bonds. The lowest BCUT2D eigenvalue weighted by Gasteiger charge is -2.27. The molecule has 1 atom stereocenters. The number of benzene rings is 3. The van der Waals surface area contributed by atoms with E-state index in [1.54, 1.807) is 24.8 Å². The summed E-state index contributed by atoms with van der Waals surface area (Å²) in [5.74, 6) is -0.682. The lowest BCUT2D eigenvalue weighted by Crippen LogP contribution is -2.51. The van der Waals surface area contributed by atoms with Crippen LogP contribution in [0.25, 0.3) is 11.1 Å². The molecule has 10 heteroatoms. The molecule has 1 aliphatic rings. The van der Waals surface area contributed by atoms with E-state index in [1.165, 1.54) is 23.9 Å². The number of hydrogen-bond donors (Lipinski definition) is 4. The van der Waals surface area contributed by atoms with Gasteiger partial charge in [-0.15, -0.1) is 11.8 Å². The van der Waals surface area contributed by atoms with E-state index in [2.05, 4.69) is 16.0 Å². The third-order valence-electron chi connectivity index (χ3n) is 6.53. The summed E-state index contributed by atoms with van der Waals surface area (Å²) in [6.07, 6.45) is 0.0742. The first-order valence-electron chi connectivity index (χ1n) is 13.5. The van der Waals surface area contributed by atoms with Crippen LogP contribution in [0.5, 0.6) is 0 Å². The summed E-state index contributed by atoms with van der Waals surface area (Å²) in [5.41, 5.74) is 9.69.